The summed E-state index contributed by atoms with van der Waals surface area (Å²) in [6, 6.07) is 9.40. The quantitative estimate of drug-likeness (QED) is 0.337. The molecule has 0 saturated carbocycles. The first-order valence-electron chi connectivity index (χ1n) is 9.47. The minimum Gasteiger partial charge on any atom is -0.490 e. The molecule has 1 unspecified atom stereocenters. The number of ether oxygens (including phenoxy) is 1. The first kappa shape index (κ1) is 23.9. The van der Waals surface area contributed by atoms with E-state index >= 15 is 0 Å². The fourth-order valence-corrected chi connectivity index (χ4v) is 4.26. The molecule has 1 amide bonds. The van der Waals surface area contributed by atoms with Gasteiger partial charge in [-0.25, -0.2) is 8.42 Å². The Morgan fingerprint density at radius 2 is 1.94 bits per heavy atom. The van der Waals surface area contributed by atoms with Crippen molar-refractivity contribution in [3.05, 3.63) is 70.8 Å². The van der Waals surface area contributed by atoms with Crippen LogP contribution in [0.5, 0.6) is 5.75 Å². The number of hydrogen-bond acceptors (Lipinski definition) is 6. The van der Waals surface area contributed by atoms with Crippen LogP contribution in [0.4, 0.5) is 17.1 Å². The van der Waals surface area contributed by atoms with Crippen molar-refractivity contribution in [2.45, 2.75) is 26.3 Å². The molecule has 2 aromatic carbocycles. The molecule has 0 aliphatic rings. The molecule has 2 rings (SSSR count). The van der Waals surface area contributed by atoms with Crippen LogP contribution in [-0.2, 0) is 14.8 Å². The second-order valence-electron chi connectivity index (χ2n) is 6.82. The molecular formula is C21H25N3O6S. The highest BCUT2D eigenvalue weighted by Gasteiger charge is 2.33. The van der Waals surface area contributed by atoms with Crippen LogP contribution in [0.15, 0.2) is 55.1 Å². The van der Waals surface area contributed by atoms with Crippen LogP contribution >= 0.6 is 0 Å². The third kappa shape index (κ3) is 6.05. The minimum absolute atomic E-state index is 0.0897. The van der Waals surface area contributed by atoms with E-state index in [9.17, 15) is 23.3 Å². The van der Waals surface area contributed by atoms with E-state index in [4.69, 9.17) is 4.74 Å². The van der Waals surface area contributed by atoms with Crippen LogP contribution in [0.2, 0.25) is 0 Å². The number of nitrogens with zero attached hydrogens (tertiary/aromatic N) is 2. The number of carbonyl (C=O) groups is 1. The maximum absolute atomic E-state index is 13.0. The van der Waals surface area contributed by atoms with Crippen molar-refractivity contribution in [2.24, 2.45) is 0 Å². The van der Waals surface area contributed by atoms with Crippen molar-refractivity contribution in [1.29, 1.82) is 0 Å². The molecule has 0 aromatic heterocycles. The molecule has 0 fully saturated rings. The molecule has 0 radical (unpaired) electrons. The second-order valence-corrected chi connectivity index (χ2v) is 8.68. The zero-order valence-corrected chi connectivity index (χ0v) is 18.4. The van der Waals surface area contributed by atoms with Gasteiger partial charge in [0, 0.05) is 17.8 Å². The van der Waals surface area contributed by atoms with Crippen molar-refractivity contribution in [2.75, 3.05) is 22.5 Å². The number of amides is 1. The van der Waals surface area contributed by atoms with Gasteiger partial charge in [0.25, 0.3) is 5.69 Å². The lowest BCUT2D eigenvalue weighted by Gasteiger charge is -2.31. The summed E-state index contributed by atoms with van der Waals surface area (Å²) in [5.74, 6) is 0.0357. The molecule has 9 nitrogen and oxygen atoms in total. The predicted octanol–water partition coefficient (Wildman–Crippen LogP) is 3.65. The Bertz CT molecular complexity index is 1070. The topological polar surface area (TPSA) is 119 Å². The van der Waals surface area contributed by atoms with Gasteiger partial charge in [0.1, 0.15) is 18.4 Å². The Balaban J connectivity index is 2.37. The van der Waals surface area contributed by atoms with E-state index in [-0.39, 0.29) is 17.8 Å². The fraction of sp³-hybridized carbons (Fsp3) is 0.286. The van der Waals surface area contributed by atoms with Crippen molar-refractivity contribution in [3.63, 3.8) is 0 Å². The SMILES string of the molecule is C=CCOc1ccc(NC(=O)C(CC)N(c2cc([N+](=O)[O-])ccc2C)S(C)(=O)=O)cc1. The Kier molecular flexibility index (Phi) is 7.76. The maximum atomic E-state index is 13.0. The van der Waals surface area contributed by atoms with E-state index in [0.29, 0.717) is 23.6 Å². The molecule has 1 atom stereocenters. The Hall–Kier alpha value is -3.40. The van der Waals surface area contributed by atoms with Crippen molar-refractivity contribution in [1.82, 2.24) is 0 Å². The highest BCUT2D eigenvalue weighted by Crippen LogP contribution is 2.30. The van der Waals surface area contributed by atoms with Crippen molar-refractivity contribution >= 4 is 33.0 Å². The van der Waals surface area contributed by atoms with Gasteiger partial charge in [-0.2, -0.15) is 0 Å². The second kappa shape index (κ2) is 10.1. The van der Waals surface area contributed by atoms with Gasteiger partial charge < -0.3 is 10.1 Å². The summed E-state index contributed by atoms with van der Waals surface area (Å²) in [4.78, 5) is 23.6. The monoisotopic (exact) mass is 447 g/mol. The zero-order chi connectivity index (χ0) is 23.2. The van der Waals surface area contributed by atoms with Crippen molar-refractivity contribution < 1.29 is 22.9 Å². The predicted molar refractivity (Wildman–Crippen MR) is 120 cm³/mol. The summed E-state index contributed by atoms with van der Waals surface area (Å²) >= 11 is 0. The van der Waals surface area contributed by atoms with Gasteiger partial charge in [0.05, 0.1) is 16.9 Å². The molecule has 0 spiro atoms. The summed E-state index contributed by atoms with van der Waals surface area (Å²) in [6.45, 7) is 7.21. The number of carbonyl (C=O) groups excluding carboxylic acids is 1. The Morgan fingerprint density at radius 3 is 2.45 bits per heavy atom. The number of aryl methyl sites for hydroxylation is 1. The molecule has 0 bridgehead atoms. The Labute approximate surface area is 181 Å². The molecular weight excluding hydrogens is 422 g/mol. The van der Waals surface area contributed by atoms with E-state index in [1.165, 1.54) is 12.1 Å². The number of benzene rings is 2. The lowest BCUT2D eigenvalue weighted by Crippen LogP contribution is -2.47. The van der Waals surface area contributed by atoms with Gasteiger partial charge in [-0.3, -0.25) is 19.2 Å². The fourth-order valence-electron chi connectivity index (χ4n) is 3.00. The van der Waals surface area contributed by atoms with Crippen molar-refractivity contribution in [3.8, 4) is 5.75 Å². The summed E-state index contributed by atoms with van der Waals surface area (Å²) in [7, 11) is -3.93. The van der Waals surface area contributed by atoms with Gasteiger partial charge in [-0.1, -0.05) is 25.6 Å². The summed E-state index contributed by atoms with van der Waals surface area (Å²) < 4.78 is 31.6. The molecule has 0 saturated heterocycles. The lowest BCUT2D eigenvalue weighted by molar-refractivity contribution is -0.384. The molecule has 0 heterocycles. The number of hydrogen-bond donors (Lipinski definition) is 1. The van der Waals surface area contributed by atoms with Gasteiger partial charge in [-0.15, -0.1) is 0 Å². The number of anilines is 2. The first-order valence-corrected chi connectivity index (χ1v) is 11.3. The van der Waals surface area contributed by atoms with E-state index in [1.54, 1.807) is 44.2 Å². The van der Waals surface area contributed by atoms with E-state index in [0.717, 1.165) is 16.6 Å². The third-order valence-electron chi connectivity index (χ3n) is 4.46. The minimum atomic E-state index is -3.93. The van der Waals surface area contributed by atoms with Crippen LogP contribution in [0.3, 0.4) is 0 Å². The maximum Gasteiger partial charge on any atom is 0.271 e. The van der Waals surface area contributed by atoms with Gasteiger partial charge in [0.15, 0.2) is 0 Å². The van der Waals surface area contributed by atoms with E-state index in [2.05, 4.69) is 11.9 Å². The molecule has 10 heteroatoms. The number of nitro benzene ring substituents is 1. The standard InChI is InChI=1S/C21H25N3O6S/c1-5-13-30-18-11-8-16(9-12-18)22-21(25)19(6-2)23(31(4,28)29)20-14-17(24(26)27)10-7-15(20)3/h5,7-12,14,19H,1,6,13H2,2-4H3,(H,22,25). The number of sulfonamides is 1. The van der Waals surface area contributed by atoms with Gasteiger partial charge in [-0.05, 0) is 43.2 Å². The molecule has 166 valence electrons. The number of nitro groups is 1. The number of nitrogens with one attached hydrogen (secondary N) is 1. The van der Waals surface area contributed by atoms with Gasteiger partial charge in [0.2, 0.25) is 15.9 Å². The highest BCUT2D eigenvalue weighted by molar-refractivity contribution is 7.92. The summed E-state index contributed by atoms with van der Waals surface area (Å²) in [5, 5.41) is 13.9. The van der Waals surface area contributed by atoms with Crippen LogP contribution in [0.25, 0.3) is 0 Å². The number of rotatable bonds is 10. The highest BCUT2D eigenvalue weighted by atomic mass is 32.2. The average Bonchev–Trinajstić information content (AvgIpc) is 2.71. The smallest absolute Gasteiger partial charge is 0.271 e. The molecule has 1 N–H and O–H groups in total. The largest absolute Gasteiger partial charge is 0.490 e. The summed E-state index contributed by atoms with van der Waals surface area (Å²) in [6.07, 6.45) is 2.73. The van der Waals surface area contributed by atoms with Gasteiger partial charge >= 0.3 is 0 Å². The molecule has 0 aliphatic heterocycles. The average molecular weight is 448 g/mol. The first-order chi connectivity index (χ1) is 14.6. The lowest BCUT2D eigenvalue weighted by atomic mass is 10.1. The molecule has 2 aromatic rings. The van der Waals surface area contributed by atoms with E-state index < -0.39 is 26.9 Å². The molecule has 0 aliphatic carbocycles. The van der Waals surface area contributed by atoms with Crippen LogP contribution < -0.4 is 14.4 Å². The number of non-ortho nitro benzene ring substituents is 1. The zero-order valence-electron chi connectivity index (χ0n) is 17.6. The van der Waals surface area contributed by atoms with Crippen LogP contribution in [0, 0.1) is 17.0 Å². The van der Waals surface area contributed by atoms with Crippen LogP contribution in [0.1, 0.15) is 18.9 Å². The van der Waals surface area contributed by atoms with Crippen LogP contribution in [-0.4, -0.2) is 38.2 Å². The molecule has 31 heavy (non-hydrogen) atoms. The Morgan fingerprint density at radius 1 is 1.29 bits per heavy atom. The third-order valence-corrected chi connectivity index (χ3v) is 5.63. The summed E-state index contributed by atoms with van der Waals surface area (Å²) in [5.41, 5.74) is 0.774. The normalized spacial score (nSPS) is 12.0. The van der Waals surface area contributed by atoms with E-state index in [1.807, 2.05) is 0 Å².